The highest BCUT2D eigenvalue weighted by Crippen LogP contribution is 2.10. The molecule has 0 aromatic rings. The Morgan fingerprint density at radius 2 is 2.67 bits per heavy atom. The van der Waals surface area contributed by atoms with Crippen molar-refractivity contribution in [3.8, 4) is 0 Å². The predicted molar refractivity (Wildman–Crippen MR) is 34.4 cm³/mol. The molecule has 9 heavy (non-hydrogen) atoms. The largest absolute Gasteiger partial charge is 0.375 e. The number of rotatable bonds is 1. The molecule has 1 atom stereocenters. The Hall–Kier alpha value is -0.790. The topological polar surface area (TPSA) is 55.1 Å². The highest BCUT2D eigenvalue weighted by molar-refractivity contribution is 5.52. The molecule has 0 spiro atoms. The van der Waals surface area contributed by atoms with Crippen LogP contribution in [0.2, 0.25) is 0 Å². The van der Waals surface area contributed by atoms with Gasteiger partial charge in [0.25, 0.3) is 0 Å². The van der Waals surface area contributed by atoms with Crippen molar-refractivity contribution in [3.63, 3.8) is 0 Å². The van der Waals surface area contributed by atoms with Gasteiger partial charge in [-0.3, -0.25) is 0 Å². The second kappa shape index (κ2) is 2.67. The fourth-order valence-electron chi connectivity index (χ4n) is 0.967. The lowest BCUT2D eigenvalue weighted by Gasteiger charge is -2.03. The van der Waals surface area contributed by atoms with Gasteiger partial charge in [-0.25, -0.2) is 4.79 Å². The second-order valence-corrected chi connectivity index (χ2v) is 2.20. The Balaban J connectivity index is 2.47. The highest BCUT2D eigenvalue weighted by Gasteiger charge is 2.16. The third-order valence-electron chi connectivity index (χ3n) is 1.53. The fourth-order valence-corrected chi connectivity index (χ4v) is 0.967. The molecule has 1 aliphatic rings. The third-order valence-corrected chi connectivity index (χ3v) is 1.53. The second-order valence-electron chi connectivity index (χ2n) is 2.20. The van der Waals surface area contributed by atoms with Crippen molar-refractivity contribution in [2.24, 2.45) is 5.73 Å². The molecule has 0 amide bonds. The van der Waals surface area contributed by atoms with Crippen LogP contribution in [0.1, 0.15) is 12.8 Å². The van der Waals surface area contributed by atoms with E-state index >= 15 is 0 Å². The van der Waals surface area contributed by atoms with Crippen LogP contribution in [-0.2, 0) is 4.79 Å². The smallest absolute Gasteiger partial charge is 0.145 e. The SMILES string of the molecule is NC[C@@H]1CCC(=C=O)N1. The van der Waals surface area contributed by atoms with E-state index in [2.05, 4.69) is 5.32 Å². The van der Waals surface area contributed by atoms with Crippen molar-refractivity contribution < 1.29 is 4.79 Å². The number of allylic oxidation sites excluding steroid dienone is 1. The van der Waals surface area contributed by atoms with E-state index in [9.17, 15) is 4.79 Å². The molecule has 0 bridgehead atoms. The Labute approximate surface area is 53.9 Å². The molecule has 1 fully saturated rings. The first kappa shape index (κ1) is 6.33. The summed E-state index contributed by atoms with van der Waals surface area (Å²) >= 11 is 0. The molecular formula is C6H10N2O. The molecule has 3 nitrogen and oxygen atoms in total. The summed E-state index contributed by atoms with van der Waals surface area (Å²) in [7, 11) is 0. The molecule has 1 rings (SSSR count). The van der Waals surface area contributed by atoms with Gasteiger partial charge in [-0.1, -0.05) is 0 Å². The Kier molecular flexibility index (Phi) is 1.88. The maximum absolute atomic E-state index is 10.0. The predicted octanol–water partition coefficient (Wildman–Crippen LogP) is -0.587. The molecule has 0 aromatic carbocycles. The minimum absolute atomic E-state index is 0.307. The highest BCUT2D eigenvalue weighted by atomic mass is 16.1. The van der Waals surface area contributed by atoms with Crippen molar-refractivity contribution in [2.45, 2.75) is 18.9 Å². The Morgan fingerprint density at radius 3 is 3.00 bits per heavy atom. The molecule has 0 aliphatic carbocycles. The summed E-state index contributed by atoms with van der Waals surface area (Å²) in [4.78, 5) is 10.0. The van der Waals surface area contributed by atoms with E-state index in [-0.39, 0.29) is 0 Å². The Bertz CT molecular complexity index is 149. The minimum Gasteiger partial charge on any atom is -0.375 e. The molecule has 0 saturated carbocycles. The van der Waals surface area contributed by atoms with E-state index < -0.39 is 0 Å². The molecule has 3 heteroatoms. The van der Waals surface area contributed by atoms with E-state index in [1.807, 2.05) is 5.94 Å². The Morgan fingerprint density at radius 1 is 1.89 bits per heavy atom. The van der Waals surface area contributed by atoms with Crippen molar-refractivity contribution in [2.75, 3.05) is 6.54 Å². The van der Waals surface area contributed by atoms with E-state index in [4.69, 9.17) is 5.73 Å². The number of carbonyl (C=O) groups excluding carboxylic acids is 1. The first-order valence-corrected chi connectivity index (χ1v) is 3.07. The molecule has 1 aliphatic heterocycles. The van der Waals surface area contributed by atoms with Crippen LogP contribution in [-0.4, -0.2) is 18.5 Å². The average molecular weight is 126 g/mol. The monoisotopic (exact) mass is 126 g/mol. The number of nitrogens with two attached hydrogens (primary N) is 1. The zero-order valence-electron chi connectivity index (χ0n) is 5.18. The van der Waals surface area contributed by atoms with Gasteiger partial charge in [-0.05, 0) is 6.42 Å². The summed E-state index contributed by atoms with van der Waals surface area (Å²) in [5.74, 6) is 1.83. The van der Waals surface area contributed by atoms with E-state index in [0.717, 1.165) is 12.8 Å². The van der Waals surface area contributed by atoms with Crippen LogP contribution in [0.3, 0.4) is 0 Å². The van der Waals surface area contributed by atoms with Crippen LogP contribution in [0.15, 0.2) is 5.70 Å². The molecule has 1 heterocycles. The van der Waals surface area contributed by atoms with Gasteiger partial charge in [0.15, 0.2) is 0 Å². The number of hydrogen-bond acceptors (Lipinski definition) is 3. The molecule has 50 valence electrons. The molecule has 0 radical (unpaired) electrons. The number of hydrogen-bond donors (Lipinski definition) is 2. The lowest BCUT2D eigenvalue weighted by molar-refractivity contribution is 0.564. The van der Waals surface area contributed by atoms with Gasteiger partial charge in [0.1, 0.15) is 5.94 Å². The lowest BCUT2D eigenvalue weighted by Crippen LogP contribution is -2.29. The summed E-state index contributed by atoms with van der Waals surface area (Å²) in [5, 5.41) is 2.96. The van der Waals surface area contributed by atoms with Gasteiger partial charge in [-0.2, -0.15) is 0 Å². The zero-order chi connectivity index (χ0) is 6.69. The molecule has 0 aromatic heterocycles. The standard InChI is InChI=1S/C6H10N2O/c7-3-5-1-2-6(4-9)8-5/h5,8H,1-3,7H2/t5-/m0/s1. The fraction of sp³-hybridized carbons (Fsp3) is 0.667. The average Bonchev–Trinajstić information content (AvgIpc) is 2.34. The maximum atomic E-state index is 10.0. The van der Waals surface area contributed by atoms with Crippen molar-refractivity contribution in [3.05, 3.63) is 5.70 Å². The summed E-state index contributed by atoms with van der Waals surface area (Å²) in [5.41, 5.74) is 6.02. The minimum atomic E-state index is 0.307. The summed E-state index contributed by atoms with van der Waals surface area (Å²) in [6.07, 6.45) is 1.78. The van der Waals surface area contributed by atoms with Gasteiger partial charge < -0.3 is 11.1 Å². The van der Waals surface area contributed by atoms with Crippen LogP contribution in [0, 0.1) is 0 Å². The van der Waals surface area contributed by atoms with Crippen molar-refractivity contribution >= 4 is 5.94 Å². The normalized spacial score (nSPS) is 25.4. The third kappa shape index (κ3) is 1.31. The van der Waals surface area contributed by atoms with E-state index in [1.165, 1.54) is 0 Å². The van der Waals surface area contributed by atoms with Gasteiger partial charge >= 0.3 is 0 Å². The van der Waals surface area contributed by atoms with E-state index in [1.54, 1.807) is 0 Å². The van der Waals surface area contributed by atoms with Crippen LogP contribution >= 0.6 is 0 Å². The molecule has 1 saturated heterocycles. The van der Waals surface area contributed by atoms with Crippen LogP contribution < -0.4 is 11.1 Å². The first-order chi connectivity index (χ1) is 4.36. The van der Waals surface area contributed by atoms with Crippen molar-refractivity contribution in [1.29, 1.82) is 0 Å². The maximum Gasteiger partial charge on any atom is 0.145 e. The zero-order valence-corrected chi connectivity index (χ0v) is 5.18. The van der Waals surface area contributed by atoms with Gasteiger partial charge in [0, 0.05) is 19.0 Å². The van der Waals surface area contributed by atoms with Crippen LogP contribution in [0.25, 0.3) is 0 Å². The molecule has 3 N–H and O–H groups in total. The van der Waals surface area contributed by atoms with Crippen molar-refractivity contribution in [1.82, 2.24) is 5.32 Å². The van der Waals surface area contributed by atoms with E-state index in [0.29, 0.717) is 18.3 Å². The first-order valence-electron chi connectivity index (χ1n) is 3.07. The number of nitrogens with one attached hydrogen (secondary N) is 1. The van der Waals surface area contributed by atoms with Gasteiger partial charge in [0.2, 0.25) is 0 Å². The quantitative estimate of drug-likeness (QED) is 0.462. The summed E-state index contributed by atoms with van der Waals surface area (Å²) < 4.78 is 0. The van der Waals surface area contributed by atoms with Gasteiger partial charge in [-0.15, -0.1) is 0 Å². The lowest BCUT2D eigenvalue weighted by atomic mass is 10.2. The van der Waals surface area contributed by atoms with Gasteiger partial charge in [0.05, 0.1) is 5.70 Å². The summed E-state index contributed by atoms with van der Waals surface area (Å²) in [6, 6.07) is 0.307. The van der Waals surface area contributed by atoms with Crippen LogP contribution in [0.4, 0.5) is 0 Å². The molecular weight excluding hydrogens is 116 g/mol. The van der Waals surface area contributed by atoms with Crippen LogP contribution in [0.5, 0.6) is 0 Å². The molecule has 0 unspecified atom stereocenters. The summed E-state index contributed by atoms with van der Waals surface area (Å²) in [6.45, 7) is 0.602.